The lowest BCUT2D eigenvalue weighted by molar-refractivity contribution is 0.0747. The molecule has 1 aliphatic heterocycles. The molecule has 1 aromatic rings. The largest absolute Gasteiger partial charge is 0.493 e. The van der Waals surface area contributed by atoms with E-state index in [1.807, 2.05) is 6.92 Å². The number of hydrogen-bond acceptors (Lipinski definition) is 5. The summed E-state index contributed by atoms with van der Waals surface area (Å²) in [7, 11) is 0.0139. The minimum atomic E-state index is -3.06. The number of ether oxygens (including phenoxy) is 2. The van der Waals surface area contributed by atoms with Crippen molar-refractivity contribution in [1.29, 1.82) is 0 Å². The Morgan fingerprint density at radius 2 is 2.13 bits per heavy atom. The van der Waals surface area contributed by atoms with Crippen LogP contribution < -0.4 is 9.47 Å². The fourth-order valence-electron chi connectivity index (χ4n) is 2.58. The van der Waals surface area contributed by atoms with Crippen molar-refractivity contribution in [3.05, 3.63) is 22.7 Å². The standard InChI is InChI=1S/C15H20ClNO5S/c1-4-22-14-12(16)7-10(8-13(14)21-3)15(18)17(2)11-5-6-23(19,20)9-11/h7-8,11H,4-6,9H2,1-3H3. The highest BCUT2D eigenvalue weighted by atomic mass is 35.5. The highest BCUT2D eigenvalue weighted by Crippen LogP contribution is 2.37. The molecule has 2 rings (SSSR count). The van der Waals surface area contributed by atoms with E-state index in [1.54, 1.807) is 13.1 Å². The second kappa shape index (κ2) is 6.97. The molecule has 1 aliphatic rings. The Labute approximate surface area is 141 Å². The van der Waals surface area contributed by atoms with Crippen LogP contribution in [-0.4, -0.2) is 57.5 Å². The number of amides is 1. The third-order valence-corrected chi connectivity index (χ3v) is 5.87. The van der Waals surface area contributed by atoms with Gasteiger partial charge in [0.2, 0.25) is 0 Å². The van der Waals surface area contributed by atoms with Gasteiger partial charge in [-0.1, -0.05) is 11.6 Å². The van der Waals surface area contributed by atoms with Gasteiger partial charge in [0.05, 0.1) is 30.2 Å². The van der Waals surface area contributed by atoms with Gasteiger partial charge in [-0.05, 0) is 25.5 Å². The Morgan fingerprint density at radius 3 is 2.65 bits per heavy atom. The predicted molar refractivity (Wildman–Crippen MR) is 88.3 cm³/mol. The Kier molecular flexibility index (Phi) is 5.41. The molecule has 0 radical (unpaired) electrons. The number of carbonyl (C=O) groups is 1. The molecule has 0 aromatic heterocycles. The summed E-state index contributed by atoms with van der Waals surface area (Å²) in [4.78, 5) is 14.1. The van der Waals surface area contributed by atoms with Crippen LogP contribution in [0, 0.1) is 0 Å². The maximum atomic E-state index is 12.6. The molecule has 128 valence electrons. The first-order chi connectivity index (χ1) is 10.8. The van der Waals surface area contributed by atoms with E-state index in [2.05, 4.69) is 0 Å². The lowest BCUT2D eigenvalue weighted by atomic mass is 10.1. The van der Waals surface area contributed by atoms with Crippen molar-refractivity contribution in [2.45, 2.75) is 19.4 Å². The number of rotatable bonds is 5. The number of nitrogens with zero attached hydrogens (tertiary/aromatic N) is 1. The summed E-state index contributed by atoms with van der Waals surface area (Å²) in [5, 5.41) is 0.280. The predicted octanol–water partition coefficient (Wildman–Crippen LogP) is 2.01. The molecule has 23 heavy (non-hydrogen) atoms. The van der Waals surface area contributed by atoms with Crippen LogP contribution in [0.4, 0.5) is 0 Å². The quantitative estimate of drug-likeness (QED) is 0.802. The molecule has 0 aliphatic carbocycles. The van der Waals surface area contributed by atoms with Crippen molar-refractivity contribution in [2.24, 2.45) is 0 Å². The summed E-state index contributed by atoms with van der Waals surface area (Å²) in [5.74, 6) is 0.574. The molecular weight excluding hydrogens is 342 g/mol. The number of sulfone groups is 1. The number of benzene rings is 1. The van der Waals surface area contributed by atoms with Gasteiger partial charge in [-0.3, -0.25) is 4.79 Å². The van der Waals surface area contributed by atoms with Crippen LogP contribution in [0.2, 0.25) is 5.02 Å². The van der Waals surface area contributed by atoms with E-state index in [9.17, 15) is 13.2 Å². The van der Waals surface area contributed by atoms with Crippen molar-refractivity contribution >= 4 is 27.3 Å². The van der Waals surface area contributed by atoms with Crippen molar-refractivity contribution in [3.8, 4) is 11.5 Å². The average Bonchev–Trinajstić information content (AvgIpc) is 2.87. The highest BCUT2D eigenvalue weighted by molar-refractivity contribution is 7.91. The van der Waals surface area contributed by atoms with Crippen LogP contribution in [0.5, 0.6) is 11.5 Å². The molecule has 1 unspecified atom stereocenters. The first-order valence-corrected chi connectivity index (χ1v) is 9.47. The average molecular weight is 362 g/mol. The maximum Gasteiger partial charge on any atom is 0.254 e. The van der Waals surface area contributed by atoms with Crippen LogP contribution in [0.3, 0.4) is 0 Å². The summed E-state index contributed by atoms with van der Waals surface area (Å²) < 4.78 is 33.8. The summed E-state index contributed by atoms with van der Waals surface area (Å²) in [6.07, 6.45) is 0.451. The van der Waals surface area contributed by atoms with Gasteiger partial charge in [0, 0.05) is 18.7 Å². The lowest BCUT2D eigenvalue weighted by Crippen LogP contribution is -2.37. The van der Waals surface area contributed by atoms with Gasteiger partial charge in [0.15, 0.2) is 21.3 Å². The van der Waals surface area contributed by atoms with Gasteiger partial charge in [-0.2, -0.15) is 0 Å². The molecule has 6 nitrogen and oxygen atoms in total. The zero-order valence-electron chi connectivity index (χ0n) is 13.3. The number of methoxy groups -OCH3 is 1. The minimum Gasteiger partial charge on any atom is -0.493 e. The molecule has 1 amide bonds. The third-order valence-electron chi connectivity index (χ3n) is 3.84. The number of halogens is 1. The van der Waals surface area contributed by atoms with Gasteiger partial charge in [-0.15, -0.1) is 0 Å². The second-order valence-corrected chi connectivity index (χ2v) is 8.03. The lowest BCUT2D eigenvalue weighted by Gasteiger charge is -2.24. The minimum absolute atomic E-state index is 0.00284. The fourth-order valence-corrected chi connectivity index (χ4v) is 4.62. The van der Waals surface area contributed by atoms with E-state index >= 15 is 0 Å². The molecule has 0 saturated carbocycles. The van der Waals surface area contributed by atoms with Gasteiger partial charge >= 0.3 is 0 Å². The van der Waals surface area contributed by atoms with E-state index in [0.717, 1.165) is 0 Å². The zero-order chi connectivity index (χ0) is 17.2. The van der Waals surface area contributed by atoms with Gasteiger partial charge < -0.3 is 14.4 Å². The molecule has 1 fully saturated rings. The molecule has 0 bridgehead atoms. The van der Waals surface area contributed by atoms with Crippen LogP contribution in [0.15, 0.2) is 12.1 Å². The van der Waals surface area contributed by atoms with Crippen molar-refractivity contribution in [3.63, 3.8) is 0 Å². The molecule has 1 aromatic carbocycles. The smallest absolute Gasteiger partial charge is 0.254 e. The molecule has 0 spiro atoms. The normalized spacial score (nSPS) is 19.4. The number of carbonyl (C=O) groups excluding carboxylic acids is 1. The second-order valence-electron chi connectivity index (χ2n) is 5.40. The molecule has 1 heterocycles. The van der Waals surface area contributed by atoms with E-state index in [0.29, 0.717) is 30.1 Å². The SMILES string of the molecule is CCOc1c(Cl)cc(C(=O)N(C)C2CCS(=O)(=O)C2)cc1OC. The fraction of sp³-hybridized carbons (Fsp3) is 0.533. The summed E-state index contributed by atoms with van der Waals surface area (Å²) in [6, 6.07) is 2.75. The van der Waals surface area contributed by atoms with E-state index in [-0.39, 0.29) is 28.5 Å². The van der Waals surface area contributed by atoms with Crippen molar-refractivity contribution < 1.29 is 22.7 Å². The summed E-state index contributed by atoms with van der Waals surface area (Å²) in [6.45, 7) is 2.24. The van der Waals surface area contributed by atoms with Gasteiger partial charge in [0.1, 0.15) is 0 Å². The topological polar surface area (TPSA) is 72.9 Å². The van der Waals surface area contributed by atoms with Crippen LogP contribution in [0.25, 0.3) is 0 Å². The summed E-state index contributed by atoms with van der Waals surface area (Å²) in [5.41, 5.74) is 0.335. The van der Waals surface area contributed by atoms with E-state index in [1.165, 1.54) is 18.1 Å². The number of hydrogen-bond donors (Lipinski definition) is 0. The molecular formula is C15H20ClNO5S. The Balaban J connectivity index is 2.27. The van der Waals surface area contributed by atoms with Crippen LogP contribution in [-0.2, 0) is 9.84 Å². The first kappa shape index (κ1) is 17.9. The Hall–Kier alpha value is -1.47. The highest BCUT2D eigenvalue weighted by Gasteiger charge is 2.33. The maximum absolute atomic E-state index is 12.6. The van der Waals surface area contributed by atoms with Crippen molar-refractivity contribution in [1.82, 2.24) is 4.90 Å². The third kappa shape index (κ3) is 3.90. The van der Waals surface area contributed by atoms with Gasteiger partial charge in [0.25, 0.3) is 5.91 Å². The Morgan fingerprint density at radius 1 is 1.43 bits per heavy atom. The summed E-state index contributed by atoms with van der Waals surface area (Å²) >= 11 is 6.17. The monoisotopic (exact) mass is 361 g/mol. The van der Waals surface area contributed by atoms with E-state index < -0.39 is 9.84 Å². The molecule has 8 heteroatoms. The molecule has 0 N–H and O–H groups in total. The zero-order valence-corrected chi connectivity index (χ0v) is 14.9. The van der Waals surface area contributed by atoms with E-state index in [4.69, 9.17) is 21.1 Å². The van der Waals surface area contributed by atoms with Crippen LogP contribution in [0.1, 0.15) is 23.7 Å². The molecule has 1 saturated heterocycles. The van der Waals surface area contributed by atoms with Gasteiger partial charge in [-0.25, -0.2) is 8.42 Å². The Bertz CT molecular complexity index is 704. The first-order valence-electron chi connectivity index (χ1n) is 7.27. The van der Waals surface area contributed by atoms with Crippen LogP contribution >= 0.6 is 11.6 Å². The molecule has 1 atom stereocenters. The van der Waals surface area contributed by atoms with Crippen molar-refractivity contribution in [2.75, 3.05) is 32.3 Å².